The highest BCUT2D eigenvalue weighted by molar-refractivity contribution is 5.89. The zero-order valence-electron chi connectivity index (χ0n) is 14.6. The van der Waals surface area contributed by atoms with Crippen molar-refractivity contribution in [1.82, 2.24) is 4.98 Å². The first-order valence-corrected chi connectivity index (χ1v) is 8.60. The Morgan fingerprint density at radius 2 is 1.48 bits per heavy atom. The van der Waals surface area contributed by atoms with Crippen LogP contribution in [-0.4, -0.2) is 4.98 Å². The molecular formula is C22H25N. The molecule has 118 valence electrons. The molecule has 0 aliphatic carbocycles. The van der Waals surface area contributed by atoms with Crippen molar-refractivity contribution in [1.29, 1.82) is 0 Å². The van der Waals surface area contributed by atoms with Gasteiger partial charge in [-0.3, -0.25) is 4.98 Å². The summed E-state index contributed by atoms with van der Waals surface area (Å²) in [5.74, 6) is 0. The number of pyridine rings is 1. The van der Waals surface area contributed by atoms with E-state index in [0.29, 0.717) is 0 Å². The molecule has 1 heteroatoms. The summed E-state index contributed by atoms with van der Waals surface area (Å²) >= 11 is 0. The number of aromatic nitrogens is 1. The maximum atomic E-state index is 5.03. The summed E-state index contributed by atoms with van der Waals surface area (Å²) in [6.45, 7) is 8.85. The summed E-state index contributed by atoms with van der Waals surface area (Å²) < 4.78 is 0. The van der Waals surface area contributed by atoms with Gasteiger partial charge in [-0.05, 0) is 60.9 Å². The molecule has 0 bridgehead atoms. The second kappa shape index (κ2) is 6.54. The summed E-state index contributed by atoms with van der Waals surface area (Å²) in [5.41, 5.74) is 9.35. The Morgan fingerprint density at radius 1 is 0.783 bits per heavy atom. The van der Waals surface area contributed by atoms with E-state index in [1.54, 1.807) is 0 Å². The van der Waals surface area contributed by atoms with Crippen LogP contribution in [0.1, 0.15) is 47.4 Å². The number of nitrogens with zero attached hydrogens (tertiary/aromatic N) is 1. The number of aryl methyl sites for hydroxylation is 3. The van der Waals surface area contributed by atoms with E-state index in [0.717, 1.165) is 19.3 Å². The van der Waals surface area contributed by atoms with Crippen molar-refractivity contribution in [3.05, 3.63) is 76.0 Å². The zero-order valence-corrected chi connectivity index (χ0v) is 14.6. The van der Waals surface area contributed by atoms with Crippen molar-refractivity contribution in [2.45, 2.75) is 47.0 Å². The third-order valence-corrected chi connectivity index (χ3v) is 4.76. The second-order valence-electron chi connectivity index (χ2n) is 6.31. The van der Waals surface area contributed by atoms with Crippen LogP contribution < -0.4 is 0 Å². The Balaban J connectivity index is 2.33. The molecule has 0 saturated heterocycles. The van der Waals surface area contributed by atoms with Gasteiger partial charge >= 0.3 is 0 Å². The second-order valence-corrected chi connectivity index (χ2v) is 6.31. The van der Waals surface area contributed by atoms with Crippen LogP contribution >= 0.6 is 0 Å². The van der Waals surface area contributed by atoms with Crippen LogP contribution in [0.5, 0.6) is 0 Å². The highest BCUT2D eigenvalue weighted by atomic mass is 14.7. The summed E-state index contributed by atoms with van der Waals surface area (Å²) in [4.78, 5) is 5.03. The monoisotopic (exact) mass is 303 g/mol. The third-order valence-electron chi connectivity index (χ3n) is 4.76. The summed E-state index contributed by atoms with van der Waals surface area (Å²) in [6.07, 6.45) is 3.02. The summed E-state index contributed by atoms with van der Waals surface area (Å²) in [7, 11) is 0. The highest BCUT2D eigenvalue weighted by Crippen LogP contribution is 2.31. The summed E-state index contributed by atoms with van der Waals surface area (Å²) in [5, 5.41) is 1.36. The molecule has 0 radical (unpaired) electrons. The highest BCUT2D eigenvalue weighted by Gasteiger charge is 2.16. The molecule has 1 nitrogen and oxygen atoms in total. The number of rotatable bonds is 4. The molecule has 2 aromatic carbocycles. The molecule has 1 heterocycles. The first-order valence-electron chi connectivity index (χ1n) is 8.60. The molecule has 0 atom stereocenters. The lowest BCUT2D eigenvalue weighted by molar-refractivity contribution is 0.952. The van der Waals surface area contributed by atoms with E-state index in [9.17, 15) is 0 Å². The van der Waals surface area contributed by atoms with Gasteiger partial charge in [0.15, 0.2) is 0 Å². The molecule has 0 saturated carbocycles. The molecule has 0 spiro atoms. The van der Waals surface area contributed by atoms with Gasteiger partial charge in [-0.2, -0.15) is 0 Å². The van der Waals surface area contributed by atoms with Crippen LogP contribution in [0.2, 0.25) is 0 Å². The van der Waals surface area contributed by atoms with Gasteiger partial charge in [0.05, 0.1) is 5.52 Å². The average molecular weight is 303 g/mol. The normalized spacial score (nSPS) is 11.1. The van der Waals surface area contributed by atoms with Crippen LogP contribution in [0, 0.1) is 13.8 Å². The smallest absolute Gasteiger partial charge is 0.0740 e. The minimum atomic E-state index is 0.986. The van der Waals surface area contributed by atoms with Crippen molar-refractivity contribution >= 4 is 10.9 Å². The fourth-order valence-corrected chi connectivity index (χ4v) is 3.55. The van der Waals surface area contributed by atoms with E-state index in [4.69, 9.17) is 4.98 Å². The lowest BCUT2D eigenvalue weighted by Gasteiger charge is -2.18. The predicted molar refractivity (Wildman–Crippen MR) is 99.2 cm³/mol. The van der Waals surface area contributed by atoms with Gasteiger partial charge in [0.2, 0.25) is 0 Å². The predicted octanol–water partition coefficient (Wildman–Crippen LogP) is 5.57. The van der Waals surface area contributed by atoms with Gasteiger partial charge in [-0.25, -0.2) is 0 Å². The quantitative estimate of drug-likeness (QED) is 0.614. The van der Waals surface area contributed by atoms with Gasteiger partial charge < -0.3 is 0 Å². The van der Waals surface area contributed by atoms with Crippen molar-refractivity contribution in [2.75, 3.05) is 0 Å². The molecule has 1 aromatic heterocycles. The molecule has 23 heavy (non-hydrogen) atoms. The largest absolute Gasteiger partial charge is 0.252 e. The Bertz CT molecular complexity index is 832. The van der Waals surface area contributed by atoms with Crippen molar-refractivity contribution in [2.24, 2.45) is 0 Å². The molecular weight excluding hydrogens is 278 g/mol. The molecule has 3 rings (SSSR count). The van der Waals surface area contributed by atoms with E-state index in [-0.39, 0.29) is 0 Å². The fourth-order valence-electron chi connectivity index (χ4n) is 3.55. The number of fused-ring (bicyclic) bond motifs is 1. The molecule has 3 aromatic rings. The van der Waals surface area contributed by atoms with Gasteiger partial charge in [-0.1, -0.05) is 56.3 Å². The number of benzene rings is 2. The molecule has 0 amide bonds. The van der Waals surface area contributed by atoms with Crippen LogP contribution in [0.25, 0.3) is 10.9 Å². The van der Waals surface area contributed by atoms with E-state index in [1.165, 1.54) is 44.4 Å². The van der Waals surface area contributed by atoms with E-state index in [2.05, 4.69) is 70.2 Å². The minimum Gasteiger partial charge on any atom is -0.252 e. The van der Waals surface area contributed by atoms with Gasteiger partial charge in [0, 0.05) is 11.1 Å². The zero-order chi connectivity index (χ0) is 16.4. The maximum Gasteiger partial charge on any atom is 0.0740 e. The van der Waals surface area contributed by atoms with Gasteiger partial charge in [0.1, 0.15) is 0 Å². The Labute approximate surface area is 139 Å². The molecule has 0 unspecified atom stereocenters. The molecule has 0 N–H and O–H groups in total. The Hall–Kier alpha value is -2.15. The van der Waals surface area contributed by atoms with Crippen molar-refractivity contribution in [3.63, 3.8) is 0 Å². The Morgan fingerprint density at radius 3 is 2.13 bits per heavy atom. The average Bonchev–Trinajstić information content (AvgIpc) is 2.58. The van der Waals surface area contributed by atoms with Crippen molar-refractivity contribution < 1.29 is 0 Å². The van der Waals surface area contributed by atoms with E-state index < -0.39 is 0 Å². The standard InChI is InChI=1S/C22H25N/c1-5-18-19(14-17-10-8-7-9-11-17)21-15(3)12-13-16(4)22(21)23-20(18)6-2/h7-13H,5-6,14H2,1-4H3. The number of hydrogen-bond acceptors (Lipinski definition) is 1. The lowest BCUT2D eigenvalue weighted by atomic mass is 9.89. The molecule has 0 aliphatic heterocycles. The third kappa shape index (κ3) is 2.88. The topological polar surface area (TPSA) is 12.9 Å². The Kier molecular flexibility index (Phi) is 4.47. The summed E-state index contributed by atoms with van der Waals surface area (Å²) in [6, 6.07) is 15.2. The van der Waals surface area contributed by atoms with Crippen molar-refractivity contribution in [3.8, 4) is 0 Å². The SMILES string of the molecule is CCc1nc2c(C)ccc(C)c2c(Cc2ccccc2)c1CC. The van der Waals surface area contributed by atoms with Gasteiger partial charge in [0.25, 0.3) is 0 Å². The van der Waals surface area contributed by atoms with Crippen LogP contribution in [-0.2, 0) is 19.3 Å². The molecule has 0 aliphatic rings. The molecule has 0 fully saturated rings. The van der Waals surface area contributed by atoms with E-state index >= 15 is 0 Å². The number of hydrogen-bond donors (Lipinski definition) is 0. The lowest BCUT2D eigenvalue weighted by Crippen LogP contribution is -2.06. The first-order chi connectivity index (χ1) is 11.2. The van der Waals surface area contributed by atoms with Crippen LogP contribution in [0.15, 0.2) is 42.5 Å². The fraction of sp³-hybridized carbons (Fsp3) is 0.318. The van der Waals surface area contributed by atoms with Gasteiger partial charge in [-0.15, -0.1) is 0 Å². The first kappa shape index (κ1) is 15.7. The van der Waals surface area contributed by atoms with Crippen LogP contribution in [0.4, 0.5) is 0 Å². The minimum absolute atomic E-state index is 0.986. The van der Waals surface area contributed by atoms with Crippen LogP contribution in [0.3, 0.4) is 0 Å². The maximum absolute atomic E-state index is 5.03. The van der Waals surface area contributed by atoms with E-state index in [1.807, 2.05) is 0 Å².